The summed E-state index contributed by atoms with van der Waals surface area (Å²) in [6.45, 7) is 4.48. The first-order valence-electron chi connectivity index (χ1n) is 8.66. The molecular formula is C19H25N3O2. The molecule has 0 unspecified atom stereocenters. The summed E-state index contributed by atoms with van der Waals surface area (Å²) in [5.74, 6) is 1.34. The second-order valence-corrected chi connectivity index (χ2v) is 6.46. The monoisotopic (exact) mass is 327 g/mol. The number of carbonyl (C=O) groups excluding carboxylic acids is 1. The number of nitrogens with zero attached hydrogens (tertiary/aromatic N) is 2. The standard InChI is InChI=1S/C19H25N3O2/c1-14-17(18(21-24-14)16-6-4-3-5-7-16)19(23)22-12-9-15(10-13-22)8-11-20-2/h3-7,15,20H,8-13H2,1-2H3. The molecule has 1 aliphatic heterocycles. The SMILES string of the molecule is CNCCC1CCN(C(=O)c2c(-c3ccccc3)noc2C)CC1. The van der Waals surface area contributed by atoms with Crippen molar-refractivity contribution in [2.45, 2.75) is 26.2 Å². The van der Waals surface area contributed by atoms with E-state index >= 15 is 0 Å². The minimum Gasteiger partial charge on any atom is -0.360 e. The Bertz CT molecular complexity index is 673. The number of aryl methyl sites for hydroxylation is 1. The number of amides is 1. The second kappa shape index (κ2) is 7.62. The molecular weight excluding hydrogens is 302 g/mol. The van der Waals surface area contributed by atoms with Gasteiger partial charge in [0.25, 0.3) is 5.91 Å². The number of hydrogen-bond donors (Lipinski definition) is 1. The van der Waals surface area contributed by atoms with Crippen LogP contribution in [0.25, 0.3) is 11.3 Å². The number of piperidine rings is 1. The van der Waals surface area contributed by atoms with Crippen LogP contribution in [-0.2, 0) is 0 Å². The summed E-state index contributed by atoms with van der Waals surface area (Å²) < 4.78 is 5.33. The fourth-order valence-corrected chi connectivity index (χ4v) is 3.35. The highest BCUT2D eigenvalue weighted by molar-refractivity contribution is 6.00. The average Bonchev–Trinajstić information content (AvgIpc) is 3.02. The van der Waals surface area contributed by atoms with E-state index in [-0.39, 0.29) is 5.91 Å². The van der Waals surface area contributed by atoms with Crippen LogP contribution in [0, 0.1) is 12.8 Å². The average molecular weight is 327 g/mol. The molecule has 0 radical (unpaired) electrons. The zero-order valence-corrected chi connectivity index (χ0v) is 14.4. The molecule has 5 heteroatoms. The molecule has 2 aromatic rings. The minimum atomic E-state index is 0.0414. The van der Waals surface area contributed by atoms with E-state index in [0.717, 1.165) is 38.0 Å². The first kappa shape index (κ1) is 16.7. The third kappa shape index (κ3) is 3.51. The smallest absolute Gasteiger partial charge is 0.259 e. The van der Waals surface area contributed by atoms with Crippen molar-refractivity contribution in [2.24, 2.45) is 5.92 Å². The largest absolute Gasteiger partial charge is 0.360 e. The van der Waals surface area contributed by atoms with Gasteiger partial charge in [-0.25, -0.2) is 0 Å². The van der Waals surface area contributed by atoms with Gasteiger partial charge in [0, 0.05) is 18.7 Å². The highest BCUT2D eigenvalue weighted by Crippen LogP contribution is 2.28. The molecule has 1 fully saturated rings. The van der Waals surface area contributed by atoms with Gasteiger partial charge in [-0.3, -0.25) is 4.79 Å². The Morgan fingerprint density at radius 2 is 2.00 bits per heavy atom. The lowest BCUT2D eigenvalue weighted by Crippen LogP contribution is -2.39. The van der Waals surface area contributed by atoms with E-state index < -0.39 is 0 Å². The van der Waals surface area contributed by atoms with Crippen LogP contribution >= 0.6 is 0 Å². The molecule has 3 rings (SSSR count). The summed E-state index contributed by atoms with van der Waals surface area (Å²) in [7, 11) is 1.98. The van der Waals surface area contributed by atoms with Crippen molar-refractivity contribution in [3.8, 4) is 11.3 Å². The number of aromatic nitrogens is 1. The van der Waals surface area contributed by atoms with Crippen LogP contribution in [0.3, 0.4) is 0 Å². The molecule has 0 saturated carbocycles. The van der Waals surface area contributed by atoms with Crippen LogP contribution in [-0.4, -0.2) is 42.6 Å². The zero-order chi connectivity index (χ0) is 16.9. The van der Waals surface area contributed by atoms with Gasteiger partial charge in [-0.15, -0.1) is 0 Å². The normalized spacial score (nSPS) is 15.7. The van der Waals surface area contributed by atoms with E-state index in [4.69, 9.17) is 4.52 Å². The number of hydrogen-bond acceptors (Lipinski definition) is 4. The molecule has 1 aromatic heterocycles. The van der Waals surface area contributed by atoms with Gasteiger partial charge in [-0.1, -0.05) is 35.5 Å². The predicted molar refractivity (Wildman–Crippen MR) is 93.8 cm³/mol. The van der Waals surface area contributed by atoms with Crippen LogP contribution in [0.4, 0.5) is 0 Å². The van der Waals surface area contributed by atoms with Crippen LogP contribution < -0.4 is 5.32 Å². The molecule has 0 bridgehead atoms. The highest BCUT2D eigenvalue weighted by Gasteiger charge is 2.29. The van der Waals surface area contributed by atoms with Gasteiger partial charge in [0.05, 0.1) is 0 Å². The van der Waals surface area contributed by atoms with E-state index in [1.807, 2.05) is 49.2 Å². The van der Waals surface area contributed by atoms with Crippen molar-refractivity contribution < 1.29 is 9.32 Å². The van der Waals surface area contributed by atoms with Crippen LogP contribution in [0.5, 0.6) is 0 Å². The topological polar surface area (TPSA) is 58.4 Å². The summed E-state index contributed by atoms with van der Waals surface area (Å²) >= 11 is 0. The summed E-state index contributed by atoms with van der Waals surface area (Å²) in [5, 5.41) is 7.33. The molecule has 1 aromatic carbocycles. The third-order valence-electron chi connectivity index (χ3n) is 4.83. The Hall–Kier alpha value is -2.14. The Balaban J connectivity index is 1.74. The van der Waals surface area contributed by atoms with Gasteiger partial charge in [0.1, 0.15) is 17.0 Å². The van der Waals surface area contributed by atoms with Gasteiger partial charge in [-0.05, 0) is 45.7 Å². The first-order valence-corrected chi connectivity index (χ1v) is 8.66. The van der Waals surface area contributed by atoms with E-state index in [2.05, 4.69) is 10.5 Å². The van der Waals surface area contributed by atoms with Crippen molar-refractivity contribution in [1.82, 2.24) is 15.4 Å². The second-order valence-electron chi connectivity index (χ2n) is 6.46. The van der Waals surface area contributed by atoms with E-state index in [1.54, 1.807) is 0 Å². The van der Waals surface area contributed by atoms with E-state index in [1.165, 1.54) is 6.42 Å². The number of likely N-dealkylation sites (tertiary alicyclic amines) is 1. The van der Waals surface area contributed by atoms with E-state index in [9.17, 15) is 4.79 Å². The molecule has 0 atom stereocenters. The van der Waals surface area contributed by atoms with Crippen LogP contribution in [0.1, 0.15) is 35.4 Å². The van der Waals surface area contributed by atoms with Crippen molar-refractivity contribution in [1.29, 1.82) is 0 Å². The Morgan fingerprint density at radius 3 is 2.67 bits per heavy atom. The van der Waals surface area contributed by atoms with Gasteiger partial charge in [-0.2, -0.15) is 0 Å². The molecule has 1 saturated heterocycles. The molecule has 1 N–H and O–H groups in total. The van der Waals surface area contributed by atoms with Crippen molar-refractivity contribution in [3.63, 3.8) is 0 Å². The maximum Gasteiger partial charge on any atom is 0.259 e. The molecule has 1 amide bonds. The molecule has 128 valence electrons. The third-order valence-corrected chi connectivity index (χ3v) is 4.83. The maximum absolute atomic E-state index is 13.0. The van der Waals surface area contributed by atoms with Gasteiger partial charge < -0.3 is 14.7 Å². The lowest BCUT2D eigenvalue weighted by Gasteiger charge is -2.32. The fourth-order valence-electron chi connectivity index (χ4n) is 3.35. The van der Waals surface area contributed by atoms with Crippen molar-refractivity contribution in [2.75, 3.05) is 26.7 Å². The molecule has 0 spiro atoms. The highest BCUT2D eigenvalue weighted by atomic mass is 16.5. The first-order chi connectivity index (χ1) is 11.7. The lowest BCUT2D eigenvalue weighted by atomic mass is 9.93. The van der Waals surface area contributed by atoms with Crippen molar-refractivity contribution >= 4 is 5.91 Å². The van der Waals surface area contributed by atoms with Gasteiger partial charge >= 0.3 is 0 Å². The van der Waals surface area contributed by atoms with Crippen LogP contribution in [0.2, 0.25) is 0 Å². The summed E-state index contributed by atoms with van der Waals surface area (Å²) in [6.07, 6.45) is 3.32. The number of carbonyl (C=O) groups is 1. The lowest BCUT2D eigenvalue weighted by molar-refractivity contribution is 0.0686. The quantitative estimate of drug-likeness (QED) is 0.917. The predicted octanol–water partition coefficient (Wildman–Crippen LogP) is 3.11. The Kier molecular flexibility index (Phi) is 5.30. The number of rotatable bonds is 5. The fraction of sp³-hybridized carbons (Fsp3) is 0.474. The van der Waals surface area contributed by atoms with Gasteiger partial charge in [0.2, 0.25) is 0 Å². The molecule has 5 nitrogen and oxygen atoms in total. The molecule has 2 heterocycles. The van der Waals surface area contributed by atoms with E-state index in [0.29, 0.717) is 22.9 Å². The molecule has 0 aliphatic carbocycles. The molecule has 1 aliphatic rings. The van der Waals surface area contributed by atoms with Gasteiger partial charge in [0.15, 0.2) is 0 Å². The summed E-state index contributed by atoms with van der Waals surface area (Å²) in [4.78, 5) is 15.0. The van der Waals surface area contributed by atoms with Crippen molar-refractivity contribution in [3.05, 3.63) is 41.7 Å². The maximum atomic E-state index is 13.0. The zero-order valence-electron chi connectivity index (χ0n) is 14.4. The number of benzene rings is 1. The summed E-state index contributed by atoms with van der Waals surface area (Å²) in [5.41, 5.74) is 2.17. The van der Waals surface area contributed by atoms with Crippen LogP contribution in [0.15, 0.2) is 34.9 Å². The summed E-state index contributed by atoms with van der Waals surface area (Å²) in [6, 6.07) is 9.76. The number of nitrogens with one attached hydrogen (secondary N) is 1. The minimum absolute atomic E-state index is 0.0414. The Labute approximate surface area is 143 Å². The molecule has 24 heavy (non-hydrogen) atoms. The Morgan fingerprint density at radius 1 is 1.29 bits per heavy atom.